The number of benzene rings is 2. The summed E-state index contributed by atoms with van der Waals surface area (Å²) in [7, 11) is 3.32. The highest BCUT2D eigenvalue weighted by atomic mass is 16.5. The lowest BCUT2D eigenvalue weighted by molar-refractivity contribution is -0.155. The first-order valence-electron chi connectivity index (χ1n) is 25.9. The number of likely N-dealkylation sites (tertiary alicyclic amines) is 2. The number of amides is 4. The molecule has 72 heavy (non-hydrogen) atoms. The molecule has 4 aliphatic rings. The largest absolute Gasteiger partial charge is 0.464 e. The second-order valence-electron chi connectivity index (χ2n) is 21.9. The van der Waals surface area contributed by atoms with Crippen LogP contribution in [0.2, 0.25) is 0 Å². The number of hydrazine groups is 1. The molecular formula is C57H74N8O7. The van der Waals surface area contributed by atoms with Crippen molar-refractivity contribution in [2.24, 2.45) is 17.3 Å². The number of fused-ring (bicyclic) bond motifs is 6. The lowest BCUT2D eigenvalue weighted by Gasteiger charge is -2.41. The molecule has 1 unspecified atom stereocenters. The van der Waals surface area contributed by atoms with Crippen LogP contribution in [0, 0.1) is 29.1 Å². The molecule has 5 atom stereocenters. The standard InChI is InChI=1S/C57H74N8O7/c1-11-64-47-21-20-40-32-43(47)44(51(64)42-18-13-25-58-49(42)37(4)71-10)33-56(5,6)35-72-55(70)45-19-14-28-65(60-45)54(69)46(31-38-16-12-17-39(40)30-38)59-52(67)50(36(2)3)61(9)53(68)41-23-29-62(34-41)48(66)22-24-57(7,8)63-26-15-27-63/h12-13,16-18,20-21,25,30,32,36-37,41,45-46,50,60H,11,14-15,19,23,26-29,31,33-35H2,1-10H3,(H,59,67)/t37-,41+,45-,46-,50?/m0/s1. The van der Waals surface area contributed by atoms with E-state index in [1.165, 1.54) is 9.91 Å². The number of likely N-dealkylation sites (N-methyl/N-ethyl adjacent to an activating group) is 1. The van der Waals surface area contributed by atoms with E-state index in [4.69, 9.17) is 14.5 Å². The summed E-state index contributed by atoms with van der Waals surface area (Å²) in [4.78, 5) is 81.2. The quantitative estimate of drug-likeness (QED) is 0.132. The molecule has 4 amide bonds. The Morgan fingerprint density at radius 1 is 1.00 bits per heavy atom. The zero-order chi connectivity index (χ0) is 51.6. The molecule has 6 heterocycles. The van der Waals surface area contributed by atoms with Crippen molar-refractivity contribution < 1.29 is 33.4 Å². The first-order chi connectivity index (χ1) is 34.3. The average molecular weight is 983 g/mol. The van der Waals surface area contributed by atoms with E-state index in [0.29, 0.717) is 45.3 Å². The van der Waals surface area contributed by atoms with Crippen LogP contribution in [0.5, 0.6) is 0 Å². The number of methoxy groups -OCH3 is 1. The summed E-state index contributed by atoms with van der Waals surface area (Å²) in [5.74, 6) is 3.28. The van der Waals surface area contributed by atoms with E-state index in [-0.39, 0.29) is 43.4 Å². The molecule has 384 valence electrons. The Balaban J connectivity index is 1.11. The number of hydrogen-bond acceptors (Lipinski definition) is 10. The molecule has 2 N–H and O–H groups in total. The van der Waals surface area contributed by atoms with Gasteiger partial charge < -0.3 is 29.2 Å². The maximum absolute atomic E-state index is 14.8. The van der Waals surface area contributed by atoms with Crippen molar-refractivity contribution in [2.45, 2.75) is 130 Å². The summed E-state index contributed by atoms with van der Waals surface area (Å²) in [5, 5.41) is 5.61. The van der Waals surface area contributed by atoms with Gasteiger partial charge in [-0.25, -0.2) is 5.43 Å². The molecule has 0 saturated carbocycles. The van der Waals surface area contributed by atoms with Gasteiger partial charge in [0.2, 0.25) is 11.8 Å². The van der Waals surface area contributed by atoms with Crippen molar-refractivity contribution in [3.05, 3.63) is 77.6 Å². The van der Waals surface area contributed by atoms with Gasteiger partial charge in [0, 0.05) is 87.9 Å². The number of cyclic esters (lactones) is 1. The third-order valence-corrected chi connectivity index (χ3v) is 15.2. The molecule has 8 rings (SSSR count). The van der Waals surface area contributed by atoms with Gasteiger partial charge in [0.05, 0.1) is 35.6 Å². The van der Waals surface area contributed by atoms with Crippen LogP contribution in [0.25, 0.3) is 33.3 Å². The molecule has 15 nitrogen and oxygen atoms in total. The Kier molecular flexibility index (Phi) is 15.6. The maximum atomic E-state index is 14.8. The van der Waals surface area contributed by atoms with Gasteiger partial charge in [0.15, 0.2) is 0 Å². The Bertz CT molecular complexity index is 2770. The van der Waals surface area contributed by atoms with E-state index in [0.717, 1.165) is 69.6 Å². The van der Waals surface area contributed by atoms with Crippen LogP contribution in [-0.4, -0.2) is 136 Å². The number of ether oxygens (including phenoxy) is 2. The molecule has 3 saturated heterocycles. The van der Waals surface area contributed by atoms with Crippen LogP contribution in [0.3, 0.4) is 0 Å². The molecule has 0 radical (unpaired) electrons. The van der Waals surface area contributed by atoms with E-state index in [1.54, 1.807) is 25.3 Å². The lowest BCUT2D eigenvalue weighted by Crippen LogP contribution is -2.62. The zero-order valence-electron chi connectivity index (χ0n) is 44.0. The molecule has 0 spiro atoms. The monoisotopic (exact) mass is 983 g/mol. The number of carbonyl (C=O) groups is 5. The second kappa shape index (κ2) is 21.6. The maximum Gasteiger partial charge on any atom is 0.324 e. The Morgan fingerprint density at radius 3 is 2.47 bits per heavy atom. The third-order valence-electron chi connectivity index (χ3n) is 15.2. The van der Waals surface area contributed by atoms with Crippen molar-refractivity contribution in [1.82, 2.24) is 40.0 Å². The predicted molar refractivity (Wildman–Crippen MR) is 278 cm³/mol. The molecule has 0 aliphatic carbocycles. The second-order valence-corrected chi connectivity index (χ2v) is 21.9. The van der Waals surface area contributed by atoms with Gasteiger partial charge in [-0.05, 0) is 118 Å². The van der Waals surface area contributed by atoms with Gasteiger partial charge in [-0.3, -0.25) is 38.9 Å². The van der Waals surface area contributed by atoms with Crippen molar-refractivity contribution in [2.75, 3.05) is 53.5 Å². The Morgan fingerprint density at radius 2 is 1.76 bits per heavy atom. The summed E-state index contributed by atoms with van der Waals surface area (Å²) in [6.07, 6.45) is 4.86. The average Bonchev–Trinajstić information content (AvgIpc) is 3.96. The molecule has 3 fully saturated rings. The van der Waals surface area contributed by atoms with Crippen molar-refractivity contribution in [3.63, 3.8) is 0 Å². The van der Waals surface area contributed by atoms with Crippen LogP contribution in [0.4, 0.5) is 0 Å². The topological polar surface area (TPSA) is 159 Å². The number of hydrogen-bond donors (Lipinski definition) is 2. The molecule has 15 heteroatoms. The van der Waals surface area contributed by atoms with Crippen LogP contribution in [0.1, 0.15) is 104 Å². The van der Waals surface area contributed by atoms with Crippen molar-refractivity contribution >= 4 is 40.5 Å². The van der Waals surface area contributed by atoms with Crippen molar-refractivity contribution in [1.29, 1.82) is 0 Å². The van der Waals surface area contributed by atoms with Gasteiger partial charge in [-0.15, -0.1) is 0 Å². The van der Waals surface area contributed by atoms with Crippen LogP contribution in [-0.2, 0) is 52.8 Å². The fourth-order valence-corrected chi connectivity index (χ4v) is 11.0. The number of rotatable bonds is 10. The number of pyridine rings is 1. The fraction of sp³-hybridized carbons (Fsp3) is 0.544. The summed E-state index contributed by atoms with van der Waals surface area (Å²) >= 11 is 0. The first-order valence-corrected chi connectivity index (χ1v) is 25.9. The summed E-state index contributed by atoms with van der Waals surface area (Å²) < 4.78 is 14.3. The zero-order valence-corrected chi connectivity index (χ0v) is 44.0. The van der Waals surface area contributed by atoms with Gasteiger partial charge in [0.1, 0.15) is 18.1 Å². The van der Waals surface area contributed by atoms with E-state index in [2.05, 4.69) is 89.2 Å². The summed E-state index contributed by atoms with van der Waals surface area (Å²) in [6.45, 7) is 19.8. The van der Waals surface area contributed by atoms with Crippen LogP contribution in [0.15, 0.2) is 60.8 Å². The number of aromatic nitrogens is 2. The highest BCUT2D eigenvalue weighted by molar-refractivity contribution is 5.97. The fourth-order valence-electron chi connectivity index (χ4n) is 11.0. The molecule has 2 aromatic heterocycles. The number of nitrogens with zero attached hydrogens (tertiary/aromatic N) is 6. The molecule has 6 bridgehead atoms. The van der Waals surface area contributed by atoms with Crippen molar-refractivity contribution in [3.8, 4) is 34.2 Å². The van der Waals surface area contributed by atoms with Gasteiger partial charge in [0.25, 0.3) is 11.8 Å². The minimum Gasteiger partial charge on any atom is -0.464 e. The number of nitrogens with one attached hydrogen (secondary N) is 2. The number of aryl methyl sites for hydroxylation is 1. The highest BCUT2D eigenvalue weighted by Crippen LogP contribution is 2.42. The highest BCUT2D eigenvalue weighted by Gasteiger charge is 2.41. The van der Waals surface area contributed by atoms with Gasteiger partial charge >= 0.3 is 5.97 Å². The summed E-state index contributed by atoms with van der Waals surface area (Å²) in [6, 6.07) is 15.9. The Labute approximate surface area is 425 Å². The van der Waals surface area contributed by atoms with E-state index >= 15 is 0 Å². The predicted octanol–water partition coefficient (Wildman–Crippen LogP) is 6.57. The molecule has 2 aromatic carbocycles. The third kappa shape index (κ3) is 11.0. The lowest BCUT2D eigenvalue weighted by atomic mass is 9.84. The molecule has 4 aromatic rings. The van der Waals surface area contributed by atoms with E-state index < -0.39 is 52.8 Å². The molecular weight excluding hydrogens is 909 g/mol. The number of carbonyl (C=O) groups excluding carboxylic acids is 5. The van der Waals surface area contributed by atoms with Crippen LogP contribution < -0.4 is 10.7 Å². The van der Waals surface area contributed by atoms with E-state index in [9.17, 15) is 24.0 Å². The van der Waals surface area contributed by atoms with Gasteiger partial charge in [-0.1, -0.05) is 63.9 Å². The van der Waals surface area contributed by atoms with Gasteiger partial charge in [-0.2, -0.15) is 0 Å². The molecule has 4 aliphatic heterocycles. The minimum atomic E-state index is -1.06. The smallest absolute Gasteiger partial charge is 0.324 e. The van der Waals surface area contributed by atoms with E-state index in [1.807, 2.05) is 52.8 Å². The SMILES string of the molecule is CCn1c(-c2cccnc2[C@H](C)OC)c2c3cc(ccc31)-c1cccc(c1)C[C@H](NC(=O)C(C(C)C)N(C)C(=O)[C@@H]1CCN(C(=O)C#CC(C)(C)N3CCC3)C1)C(=O)N1CCC[C@H](N1)C(=O)OCC(C)(C)C2. The normalized spacial score (nSPS) is 21.5. The first kappa shape index (κ1) is 52.2. The van der Waals surface area contributed by atoms with Crippen LogP contribution >= 0.6 is 0 Å². The minimum absolute atomic E-state index is 0.133. The number of esters is 1. The summed E-state index contributed by atoms with van der Waals surface area (Å²) in [5.41, 5.74) is 10.1. The Hall–Kier alpha value is -6.08.